The summed E-state index contributed by atoms with van der Waals surface area (Å²) >= 11 is 1.72. The fourth-order valence-electron chi connectivity index (χ4n) is 2.58. The summed E-state index contributed by atoms with van der Waals surface area (Å²) in [5.41, 5.74) is 5.03. The lowest BCUT2D eigenvalue weighted by atomic mass is 10.1. The molecule has 0 bridgehead atoms. The Morgan fingerprint density at radius 1 is 0.955 bits per heavy atom. The van der Waals surface area contributed by atoms with Crippen LogP contribution in [0.4, 0.5) is 0 Å². The van der Waals surface area contributed by atoms with Gasteiger partial charge in [0.15, 0.2) is 11.0 Å². The second-order valence-electron chi connectivity index (χ2n) is 5.52. The standard InChI is InChI=1S/C18H19N3S/c1-13-9-14(2)11-15(10-13)12-22-18-20-19-17(21(18)3)16-7-5-4-6-8-16/h4-11H,12H2,1-3H3. The quantitative estimate of drug-likeness (QED) is 0.670. The fraction of sp³-hybridized carbons (Fsp3) is 0.222. The predicted octanol–water partition coefficient (Wildman–Crippen LogP) is 4.39. The molecule has 22 heavy (non-hydrogen) atoms. The van der Waals surface area contributed by atoms with E-state index in [4.69, 9.17) is 0 Å². The van der Waals surface area contributed by atoms with Gasteiger partial charge in [0, 0.05) is 18.4 Å². The molecule has 3 nitrogen and oxygen atoms in total. The third kappa shape index (κ3) is 3.22. The molecule has 112 valence electrons. The molecule has 0 saturated heterocycles. The summed E-state index contributed by atoms with van der Waals surface area (Å²) < 4.78 is 2.06. The van der Waals surface area contributed by atoms with Crippen molar-refractivity contribution in [3.63, 3.8) is 0 Å². The molecule has 0 fully saturated rings. The van der Waals surface area contributed by atoms with E-state index in [2.05, 4.69) is 58.9 Å². The smallest absolute Gasteiger partial charge is 0.191 e. The topological polar surface area (TPSA) is 30.7 Å². The summed E-state index contributed by atoms with van der Waals surface area (Å²) in [7, 11) is 2.02. The zero-order chi connectivity index (χ0) is 15.5. The van der Waals surface area contributed by atoms with Gasteiger partial charge in [0.05, 0.1) is 0 Å². The van der Waals surface area contributed by atoms with Crippen molar-refractivity contribution in [1.82, 2.24) is 14.8 Å². The van der Waals surface area contributed by atoms with E-state index in [1.54, 1.807) is 11.8 Å². The third-order valence-corrected chi connectivity index (χ3v) is 4.61. The normalized spacial score (nSPS) is 10.9. The number of aromatic nitrogens is 3. The summed E-state index contributed by atoms with van der Waals surface area (Å²) in [5.74, 6) is 1.81. The van der Waals surface area contributed by atoms with Crippen LogP contribution in [0.15, 0.2) is 53.7 Å². The molecule has 0 amide bonds. The van der Waals surface area contributed by atoms with Gasteiger partial charge in [-0.25, -0.2) is 0 Å². The minimum atomic E-state index is 0.906. The summed E-state index contributed by atoms with van der Waals surface area (Å²) in [5, 5.41) is 9.60. The molecule has 0 aliphatic heterocycles. The van der Waals surface area contributed by atoms with Crippen LogP contribution in [0.2, 0.25) is 0 Å². The number of aryl methyl sites for hydroxylation is 2. The first kappa shape index (κ1) is 14.9. The van der Waals surface area contributed by atoms with Gasteiger partial charge in [-0.1, -0.05) is 71.4 Å². The van der Waals surface area contributed by atoms with Crippen LogP contribution < -0.4 is 0 Å². The van der Waals surface area contributed by atoms with Crippen LogP contribution in [-0.2, 0) is 12.8 Å². The van der Waals surface area contributed by atoms with Gasteiger partial charge in [-0.05, 0) is 19.4 Å². The Kier molecular flexibility index (Phi) is 4.29. The van der Waals surface area contributed by atoms with Crippen molar-refractivity contribution in [2.45, 2.75) is 24.8 Å². The Hall–Kier alpha value is -2.07. The summed E-state index contributed by atoms with van der Waals surface area (Å²) in [6.45, 7) is 4.27. The van der Waals surface area contributed by atoms with Gasteiger partial charge in [0.2, 0.25) is 0 Å². The monoisotopic (exact) mass is 309 g/mol. The fourth-order valence-corrected chi connectivity index (χ4v) is 3.42. The Balaban J connectivity index is 1.78. The van der Waals surface area contributed by atoms with E-state index in [-0.39, 0.29) is 0 Å². The summed E-state index contributed by atoms with van der Waals surface area (Å²) in [6.07, 6.45) is 0. The van der Waals surface area contributed by atoms with Gasteiger partial charge in [0.25, 0.3) is 0 Å². The maximum absolute atomic E-state index is 4.33. The highest BCUT2D eigenvalue weighted by Crippen LogP contribution is 2.25. The second kappa shape index (κ2) is 6.36. The van der Waals surface area contributed by atoms with Crippen molar-refractivity contribution < 1.29 is 0 Å². The molecule has 0 radical (unpaired) electrons. The summed E-state index contributed by atoms with van der Waals surface area (Å²) in [6, 6.07) is 16.8. The van der Waals surface area contributed by atoms with Gasteiger partial charge in [-0.15, -0.1) is 10.2 Å². The molecule has 0 atom stereocenters. The van der Waals surface area contributed by atoms with Crippen molar-refractivity contribution >= 4 is 11.8 Å². The van der Waals surface area contributed by atoms with E-state index in [0.717, 1.165) is 22.3 Å². The number of hydrogen-bond donors (Lipinski definition) is 0. The maximum atomic E-state index is 4.33. The van der Waals surface area contributed by atoms with E-state index in [1.807, 2.05) is 25.2 Å². The number of rotatable bonds is 4. The van der Waals surface area contributed by atoms with Gasteiger partial charge in [0.1, 0.15) is 0 Å². The van der Waals surface area contributed by atoms with Gasteiger partial charge < -0.3 is 4.57 Å². The Morgan fingerprint density at radius 3 is 2.32 bits per heavy atom. The third-order valence-electron chi connectivity index (χ3n) is 3.52. The van der Waals surface area contributed by atoms with Crippen LogP contribution in [0.3, 0.4) is 0 Å². The van der Waals surface area contributed by atoms with E-state index in [0.29, 0.717) is 0 Å². The van der Waals surface area contributed by atoms with E-state index in [1.165, 1.54) is 16.7 Å². The molecule has 0 saturated carbocycles. The van der Waals surface area contributed by atoms with Crippen LogP contribution in [0.5, 0.6) is 0 Å². The lowest BCUT2D eigenvalue weighted by Gasteiger charge is -2.06. The molecule has 0 N–H and O–H groups in total. The Bertz CT molecular complexity index is 758. The Morgan fingerprint density at radius 2 is 1.64 bits per heavy atom. The lowest BCUT2D eigenvalue weighted by molar-refractivity contribution is 0.794. The zero-order valence-electron chi connectivity index (χ0n) is 13.1. The predicted molar refractivity (Wildman–Crippen MR) is 91.9 cm³/mol. The van der Waals surface area contributed by atoms with Gasteiger partial charge >= 0.3 is 0 Å². The molecule has 0 aliphatic carbocycles. The molecule has 3 aromatic rings. The van der Waals surface area contributed by atoms with Gasteiger partial charge in [-0.3, -0.25) is 0 Å². The van der Waals surface area contributed by atoms with Crippen molar-refractivity contribution in [3.8, 4) is 11.4 Å². The molecule has 4 heteroatoms. The van der Waals surface area contributed by atoms with Crippen LogP contribution in [-0.4, -0.2) is 14.8 Å². The molecular weight excluding hydrogens is 290 g/mol. The van der Waals surface area contributed by atoms with Crippen molar-refractivity contribution in [3.05, 3.63) is 65.2 Å². The van der Waals surface area contributed by atoms with Crippen molar-refractivity contribution in [2.24, 2.45) is 7.05 Å². The van der Waals surface area contributed by atoms with E-state index < -0.39 is 0 Å². The van der Waals surface area contributed by atoms with Crippen molar-refractivity contribution in [2.75, 3.05) is 0 Å². The first-order valence-corrected chi connectivity index (χ1v) is 8.27. The second-order valence-corrected chi connectivity index (χ2v) is 6.46. The first-order chi connectivity index (χ1) is 10.6. The largest absolute Gasteiger partial charge is 0.305 e. The Labute approximate surface area is 135 Å². The molecule has 0 unspecified atom stereocenters. The average molecular weight is 309 g/mol. The van der Waals surface area contributed by atoms with Crippen molar-refractivity contribution in [1.29, 1.82) is 0 Å². The molecule has 0 aliphatic rings. The molecule has 1 heterocycles. The minimum Gasteiger partial charge on any atom is -0.305 e. The summed E-state index contributed by atoms with van der Waals surface area (Å²) in [4.78, 5) is 0. The van der Waals surface area contributed by atoms with Crippen LogP contribution in [0.25, 0.3) is 11.4 Å². The zero-order valence-corrected chi connectivity index (χ0v) is 13.9. The highest BCUT2D eigenvalue weighted by molar-refractivity contribution is 7.98. The van der Waals surface area contributed by atoms with E-state index >= 15 is 0 Å². The minimum absolute atomic E-state index is 0.906. The van der Waals surface area contributed by atoms with Gasteiger partial charge in [-0.2, -0.15) is 0 Å². The van der Waals surface area contributed by atoms with Crippen LogP contribution >= 0.6 is 11.8 Å². The number of nitrogens with zero attached hydrogens (tertiary/aromatic N) is 3. The lowest BCUT2D eigenvalue weighted by Crippen LogP contribution is -1.95. The van der Waals surface area contributed by atoms with E-state index in [9.17, 15) is 0 Å². The number of hydrogen-bond acceptors (Lipinski definition) is 3. The maximum Gasteiger partial charge on any atom is 0.191 e. The van der Waals surface area contributed by atoms with Crippen LogP contribution in [0, 0.1) is 13.8 Å². The molecule has 0 spiro atoms. The number of benzene rings is 2. The SMILES string of the molecule is Cc1cc(C)cc(CSc2nnc(-c3ccccc3)n2C)c1. The molecule has 3 rings (SSSR count). The molecule has 1 aromatic heterocycles. The molecular formula is C18H19N3S. The van der Waals surface area contributed by atoms with Crippen LogP contribution in [0.1, 0.15) is 16.7 Å². The highest BCUT2D eigenvalue weighted by Gasteiger charge is 2.11. The average Bonchev–Trinajstić information content (AvgIpc) is 2.86. The number of thioether (sulfide) groups is 1. The highest BCUT2D eigenvalue weighted by atomic mass is 32.2. The first-order valence-electron chi connectivity index (χ1n) is 7.28. The molecule has 2 aromatic carbocycles.